The van der Waals surface area contributed by atoms with Gasteiger partial charge in [-0.25, -0.2) is 4.98 Å². The molecular weight excluding hydrogens is 264 g/mol. The van der Waals surface area contributed by atoms with Crippen molar-refractivity contribution in [2.75, 3.05) is 25.2 Å². The SMILES string of the molecule is COCCN(c1cncc(CNC2CC2)n1)C(C)C1CC1. The van der Waals surface area contributed by atoms with E-state index in [1.54, 1.807) is 7.11 Å². The van der Waals surface area contributed by atoms with Crippen LogP contribution in [0.15, 0.2) is 12.4 Å². The molecule has 3 rings (SSSR count). The number of anilines is 1. The maximum atomic E-state index is 5.26. The summed E-state index contributed by atoms with van der Waals surface area (Å²) in [6.45, 7) is 4.72. The molecule has 21 heavy (non-hydrogen) atoms. The first-order chi connectivity index (χ1) is 10.3. The van der Waals surface area contributed by atoms with Gasteiger partial charge in [0.15, 0.2) is 0 Å². The van der Waals surface area contributed by atoms with Crippen molar-refractivity contribution in [1.82, 2.24) is 15.3 Å². The highest BCUT2D eigenvalue weighted by atomic mass is 16.5. The second-order valence-electron chi connectivity index (χ2n) is 6.29. The minimum atomic E-state index is 0.515. The van der Waals surface area contributed by atoms with Crippen LogP contribution in [-0.2, 0) is 11.3 Å². The molecule has 2 fully saturated rings. The molecule has 0 radical (unpaired) electrons. The van der Waals surface area contributed by atoms with Gasteiger partial charge in [-0.15, -0.1) is 0 Å². The zero-order valence-corrected chi connectivity index (χ0v) is 13.1. The fourth-order valence-electron chi connectivity index (χ4n) is 2.70. The number of hydrogen-bond acceptors (Lipinski definition) is 5. The van der Waals surface area contributed by atoms with Crippen LogP contribution in [-0.4, -0.2) is 42.3 Å². The zero-order chi connectivity index (χ0) is 14.7. The van der Waals surface area contributed by atoms with Crippen molar-refractivity contribution in [2.24, 2.45) is 5.92 Å². The first kappa shape index (κ1) is 14.7. The minimum Gasteiger partial charge on any atom is -0.383 e. The molecule has 1 N–H and O–H groups in total. The Bertz CT molecular complexity index is 459. The Hall–Kier alpha value is -1.20. The molecule has 1 aromatic rings. The number of nitrogens with one attached hydrogen (secondary N) is 1. The van der Waals surface area contributed by atoms with E-state index in [0.29, 0.717) is 12.1 Å². The van der Waals surface area contributed by atoms with E-state index in [2.05, 4.69) is 22.1 Å². The third-order valence-electron chi connectivity index (χ3n) is 4.45. The van der Waals surface area contributed by atoms with Gasteiger partial charge in [0.2, 0.25) is 0 Å². The molecule has 1 unspecified atom stereocenters. The van der Waals surface area contributed by atoms with Gasteiger partial charge in [0, 0.05) is 38.5 Å². The Morgan fingerprint density at radius 1 is 1.33 bits per heavy atom. The summed E-state index contributed by atoms with van der Waals surface area (Å²) in [6.07, 6.45) is 9.02. The first-order valence-electron chi connectivity index (χ1n) is 8.08. The molecule has 1 aromatic heterocycles. The van der Waals surface area contributed by atoms with E-state index < -0.39 is 0 Å². The van der Waals surface area contributed by atoms with Crippen LogP contribution in [0, 0.1) is 5.92 Å². The molecule has 116 valence electrons. The Morgan fingerprint density at radius 2 is 2.14 bits per heavy atom. The maximum absolute atomic E-state index is 5.26. The summed E-state index contributed by atoms with van der Waals surface area (Å²) in [6, 6.07) is 1.21. The molecule has 1 atom stereocenters. The molecule has 0 amide bonds. The van der Waals surface area contributed by atoms with E-state index in [0.717, 1.165) is 37.1 Å². The highest BCUT2D eigenvalue weighted by Crippen LogP contribution is 2.36. The second kappa shape index (κ2) is 6.71. The fourth-order valence-corrected chi connectivity index (χ4v) is 2.70. The van der Waals surface area contributed by atoms with Gasteiger partial charge in [-0.05, 0) is 38.5 Å². The van der Waals surface area contributed by atoms with E-state index in [1.165, 1.54) is 25.7 Å². The summed E-state index contributed by atoms with van der Waals surface area (Å²) in [5, 5.41) is 3.50. The lowest BCUT2D eigenvalue weighted by Crippen LogP contribution is -2.38. The number of ether oxygens (including phenoxy) is 1. The van der Waals surface area contributed by atoms with Gasteiger partial charge in [-0.3, -0.25) is 4.98 Å². The van der Waals surface area contributed by atoms with Crippen molar-refractivity contribution >= 4 is 5.82 Å². The van der Waals surface area contributed by atoms with Crippen molar-refractivity contribution in [3.8, 4) is 0 Å². The van der Waals surface area contributed by atoms with Crippen molar-refractivity contribution in [2.45, 2.75) is 51.2 Å². The Kier molecular flexibility index (Phi) is 4.70. The van der Waals surface area contributed by atoms with Crippen LogP contribution in [0.4, 0.5) is 5.82 Å². The zero-order valence-electron chi connectivity index (χ0n) is 13.1. The Balaban J connectivity index is 1.68. The largest absolute Gasteiger partial charge is 0.383 e. The minimum absolute atomic E-state index is 0.515. The van der Waals surface area contributed by atoms with Crippen LogP contribution in [0.5, 0.6) is 0 Å². The standard InChI is InChI=1S/C16H26N4O/c1-12(13-3-4-13)20(7-8-21-2)16-11-17-9-15(19-16)10-18-14-5-6-14/h9,11-14,18H,3-8,10H2,1-2H3. The Labute approximate surface area is 127 Å². The molecule has 2 aliphatic carbocycles. The smallest absolute Gasteiger partial charge is 0.147 e. The topological polar surface area (TPSA) is 50.3 Å². The van der Waals surface area contributed by atoms with E-state index >= 15 is 0 Å². The monoisotopic (exact) mass is 290 g/mol. The molecule has 0 aliphatic heterocycles. The van der Waals surface area contributed by atoms with Gasteiger partial charge in [-0.1, -0.05) is 0 Å². The summed E-state index contributed by atoms with van der Waals surface area (Å²) < 4.78 is 5.26. The summed E-state index contributed by atoms with van der Waals surface area (Å²) in [5.74, 6) is 1.79. The van der Waals surface area contributed by atoms with Crippen molar-refractivity contribution < 1.29 is 4.74 Å². The number of nitrogens with zero attached hydrogens (tertiary/aromatic N) is 3. The highest BCUT2D eigenvalue weighted by molar-refractivity contribution is 5.38. The molecule has 5 nitrogen and oxygen atoms in total. The van der Waals surface area contributed by atoms with Crippen molar-refractivity contribution in [3.05, 3.63) is 18.1 Å². The molecule has 0 saturated heterocycles. The lowest BCUT2D eigenvalue weighted by molar-refractivity contribution is 0.202. The number of hydrogen-bond donors (Lipinski definition) is 1. The summed E-state index contributed by atoms with van der Waals surface area (Å²) in [5.41, 5.74) is 1.03. The number of rotatable bonds is 9. The average Bonchev–Trinajstić information content (AvgIpc) is 3.40. The third-order valence-corrected chi connectivity index (χ3v) is 4.45. The maximum Gasteiger partial charge on any atom is 0.147 e. The van der Waals surface area contributed by atoms with Crippen LogP contribution in [0.1, 0.15) is 38.3 Å². The number of methoxy groups -OCH3 is 1. The summed E-state index contributed by atoms with van der Waals surface area (Å²) >= 11 is 0. The van der Waals surface area contributed by atoms with Crippen LogP contribution >= 0.6 is 0 Å². The first-order valence-corrected chi connectivity index (χ1v) is 8.08. The van der Waals surface area contributed by atoms with Crippen LogP contribution in [0.3, 0.4) is 0 Å². The van der Waals surface area contributed by atoms with Gasteiger partial charge in [0.05, 0.1) is 18.5 Å². The lowest BCUT2D eigenvalue weighted by Gasteiger charge is -2.30. The second-order valence-corrected chi connectivity index (χ2v) is 6.29. The molecule has 2 saturated carbocycles. The van der Waals surface area contributed by atoms with Crippen molar-refractivity contribution in [1.29, 1.82) is 0 Å². The lowest BCUT2D eigenvalue weighted by atomic mass is 10.2. The Morgan fingerprint density at radius 3 is 2.81 bits per heavy atom. The molecule has 0 bridgehead atoms. The molecular formula is C16H26N4O. The predicted molar refractivity (Wildman–Crippen MR) is 83.3 cm³/mol. The van der Waals surface area contributed by atoms with Crippen molar-refractivity contribution in [3.63, 3.8) is 0 Å². The molecule has 1 heterocycles. The van der Waals surface area contributed by atoms with Crippen LogP contribution in [0.25, 0.3) is 0 Å². The average molecular weight is 290 g/mol. The van der Waals surface area contributed by atoms with Gasteiger partial charge < -0.3 is 15.0 Å². The quantitative estimate of drug-likeness (QED) is 0.753. The van der Waals surface area contributed by atoms with E-state index in [4.69, 9.17) is 9.72 Å². The molecule has 0 aromatic carbocycles. The fraction of sp³-hybridized carbons (Fsp3) is 0.750. The normalized spacial score (nSPS) is 19.5. The molecule has 0 spiro atoms. The molecule has 5 heteroatoms. The third kappa shape index (κ3) is 4.14. The van der Waals surface area contributed by atoms with Gasteiger partial charge >= 0.3 is 0 Å². The van der Waals surface area contributed by atoms with Gasteiger partial charge in [0.25, 0.3) is 0 Å². The summed E-state index contributed by atoms with van der Waals surface area (Å²) in [7, 11) is 1.75. The van der Waals surface area contributed by atoms with Gasteiger partial charge in [0.1, 0.15) is 5.82 Å². The summed E-state index contributed by atoms with van der Waals surface area (Å²) in [4.78, 5) is 11.5. The van der Waals surface area contributed by atoms with E-state index in [-0.39, 0.29) is 0 Å². The van der Waals surface area contributed by atoms with Crippen LogP contribution in [0.2, 0.25) is 0 Å². The van der Waals surface area contributed by atoms with Gasteiger partial charge in [-0.2, -0.15) is 0 Å². The molecule has 2 aliphatic rings. The highest BCUT2D eigenvalue weighted by Gasteiger charge is 2.32. The van der Waals surface area contributed by atoms with Crippen LogP contribution < -0.4 is 10.2 Å². The number of aromatic nitrogens is 2. The van der Waals surface area contributed by atoms with E-state index in [1.807, 2.05) is 12.4 Å². The predicted octanol–water partition coefficient (Wildman–Crippen LogP) is 1.98. The van der Waals surface area contributed by atoms with E-state index in [9.17, 15) is 0 Å².